The van der Waals surface area contributed by atoms with Gasteiger partial charge in [0.1, 0.15) is 39.2 Å². The second kappa shape index (κ2) is 25.0. The number of unbranched alkanes of at least 4 members (excludes halogenated alkanes) is 3. The second-order valence-corrected chi connectivity index (χ2v) is 19.5. The fourth-order valence-corrected chi connectivity index (χ4v) is 8.92. The molecule has 7 rings (SSSR count). The summed E-state index contributed by atoms with van der Waals surface area (Å²) in [6.07, 6.45) is 12.8. The molecular weight excluding hydrogens is 962 g/mol. The van der Waals surface area contributed by atoms with Gasteiger partial charge in [-0.05, 0) is 82.6 Å². The number of rotatable bonds is 22. The number of nitrogens with zero attached hydrogens (tertiary/aromatic N) is 9. The highest BCUT2D eigenvalue weighted by atomic mass is 19.1. The maximum atomic E-state index is 14.5. The molecule has 2 saturated heterocycles. The number of benzene rings is 2. The highest BCUT2D eigenvalue weighted by molar-refractivity contribution is 6.37. The molecule has 3 amide bonds. The van der Waals surface area contributed by atoms with Crippen LogP contribution in [0.15, 0.2) is 95.9 Å². The molecule has 0 saturated carbocycles. The van der Waals surface area contributed by atoms with Crippen molar-refractivity contribution in [1.29, 1.82) is 0 Å². The van der Waals surface area contributed by atoms with Crippen LogP contribution in [0.25, 0.3) is 0 Å². The molecule has 3 aliphatic heterocycles. The molecule has 4 aromatic rings. The number of aromatic nitrogens is 3. The predicted octanol–water partition coefficient (Wildman–Crippen LogP) is 6.16. The van der Waals surface area contributed by atoms with Crippen molar-refractivity contribution >= 4 is 52.4 Å². The van der Waals surface area contributed by atoms with Crippen LogP contribution in [0.5, 0.6) is 5.75 Å². The van der Waals surface area contributed by atoms with Crippen LogP contribution in [-0.2, 0) is 19.9 Å². The lowest BCUT2D eigenvalue weighted by molar-refractivity contribution is -0.466. The number of piperazine rings is 1. The highest BCUT2D eigenvalue weighted by Crippen LogP contribution is 2.31. The van der Waals surface area contributed by atoms with Gasteiger partial charge < -0.3 is 51.1 Å². The molecule has 0 aliphatic carbocycles. The van der Waals surface area contributed by atoms with E-state index in [0.717, 1.165) is 69.8 Å². The van der Waals surface area contributed by atoms with Crippen molar-refractivity contribution in [2.75, 3.05) is 68.0 Å². The van der Waals surface area contributed by atoms with Crippen molar-refractivity contribution in [3.05, 3.63) is 114 Å². The van der Waals surface area contributed by atoms with Gasteiger partial charge in [0, 0.05) is 74.7 Å². The first kappa shape index (κ1) is 55.0. The number of pyridine rings is 1. The fraction of sp³-hybridized carbons (Fsp3) is 0.426. The van der Waals surface area contributed by atoms with Gasteiger partial charge in [0.05, 0.1) is 30.0 Å². The Hall–Kier alpha value is -7.80. The minimum Gasteiger partial charge on any atom is -0.505 e. The third-order valence-electron chi connectivity index (χ3n) is 13.0. The third-order valence-corrected chi connectivity index (χ3v) is 13.0. The number of amides is 3. The number of carbonyl (C=O) groups excluding carboxylic acids is 3. The van der Waals surface area contributed by atoms with E-state index in [9.17, 15) is 34.1 Å². The molecule has 75 heavy (non-hydrogen) atoms. The molecule has 2 fully saturated rings. The molecule has 20 nitrogen and oxygen atoms in total. The Balaban J connectivity index is 0.830. The van der Waals surface area contributed by atoms with E-state index in [2.05, 4.69) is 81.0 Å². The van der Waals surface area contributed by atoms with Gasteiger partial charge in [-0.2, -0.15) is 4.98 Å². The van der Waals surface area contributed by atoms with Crippen LogP contribution < -0.4 is 26.2 Å². The van der Waals surface area contributed by atoms with Crippen molar-refractivity contribution in [3.63, 3.8) is 0 Å². The number of hydrogen-bond donors (Lipinski definition) is 7. The van der Waals surface area contributed by atoms with Gasteiger partial charge in [-0.3, -0.25) is 19.3 Å². The number of aliphatic hydroxyl groups is 2. The Morgan fingerprint density at radius 1 is 1.01 bits per heavy atom. The monoisotopic (exact) mass is 1030 g/mol. The van der Waals surface area contributed by atoms with Crippen molar-refractivity contribution in [1.82, 2.24) is 35.4 Å². The lowest BCUT2D eigenvalue weighted by Gasteiger charge is -2.36. The molecular formula is C54H67FN13O7+. The van der Waals surface area contributed by atoms with Crippen LogP contribution in [0.3, 0.4) is 0 Å². The molecule has 2 aromatic carbocycles. The Morgan fingerprint density at radius 2 is 1.76 bits per heavy atom. The van der Waals surface area contributed by atoms with Gasteiger partial charge in [0.2, 0.25) is 18.1 Å². The number of terminal acetylenes is 1. The number of hydrogen-bond acceptors (Lipinski definition) is 16. The van der Waals surface area contributed by atoms with Crippen molar-refractivity contribution < 1.29 is 43.5 Å². The molecule has 0 spiro atoms. The zero-order valence-corrected chi connectivity index (χ0v) is 43.1. The summed E-state index contributed by atoms with van der Waals surface area (Å²) in [4.78, 5) is 60.3. The summed E-state index contributed by atoms with van der Waals surface area (Å²) in [7, 11) is 0. The Labute approximate surface area is 436 Å². The molecule has 3 atom stereocenters. The molecule has 0 unspecified atom stereocenters. The van der Waals surface area contributed by atoms with E-state index in [1.165, 1.54) is 27.9 Å². The molecule has 0 bridgehead atoms. The van der Waals surface area contributed by atoms with Gasteiger partial charge in [-0.1, -0.05) is 55.5 Å². The van der Waals surface area contributed by atoms with E-state index in [-0.39, 0.29) is 71.4 Å². The number of likely N-dealkylation sites (tertiary alicyclic amines) is 1. The summed E-state index contributed by atoms with van der Waals surface area (Å²) >= 11 is 0. The minimum absolute atomic E-state index is 0.00938. The maximum Gasteiger partial charge on any atom is 0.398 e. The van der Waals surface area contributed by atoms with E-state index in [4.69, 9.17) is 11.2 Å². The zero-order valence-electron chi connectivity index (χ0n) is 43.1. The van der Waals surface area contributed by atoms with Crippen molar-refractivity contribution in [2.45, 2.75) is 90.5 Å². The quantitative estimate of drug-likeness (QED) is 0.0202. The largest absolute Gasteiger partial charge is 0.505 e. The first-order chi connectivity index (χ1) is 35.9. The minimum atomic E-state index is -1.16. The van der Waals surface area contributed by atoms with Crippen LogP contribution >= 0.6 is 0 Å². The molecule has 2 aromatic heterocycles. The lowest BCUT2D eigenvalue weighted by Crippen LogP contribution is -2.50. The first-order valence-electron chi connectivity index (χ1n) is 25.2. The lowest BCUT2D eigenvalue weighted by atomic mass is 10.0. The number of phenols is 1. The SMILES string of the molecule is C#Cc1ccc([C@H](C)NC(=O)[C@@H]2C[C@@H](O)CN2C(=O)/C(C(C)C)=[N+]2\C=C(OCCCCCCN3CCN(c4ccc(Nc5ncc(C(=O)NCC=C)c(Nc6cccc(C(C)(C)O)n6)n5)cc4)CC3)N=N2)c(O)c1F. The number of β-amino-alcohol motifs (C(OH)–C–C–N with tert-alkyl or cyclic N) is 1. The standard InChI is InChI=1S/C54H66FN13O7/c1-8-23-56-50(71)41-31-57-53(62-49(41)61-44-16-14-15-43(60-44)54(6,7)74)59-37-18-20-38(21-19-37)66-27-25-65(26-28-66)24-12-10-11-13-29-75-45-33-68(64-63-45)47(34(3)4)52(73)67-32-39(69)30-42(67)51(72)58-35(5)40-22-17-36(9-2)46(55)48(40)70/h2,8,14-22,31,33-35,39,42,69,74H,1,10-13,23-30,32H2,3-7H3,(H4-,56,57,58,59,60,61,62,70,71,72)/p+1/b68-47+/t35-,39+,42-/m0/s1. The number of halogens is 1. The number of nitrogens with one attached hydrogen (secondary N) is 4. The summed E-state index contributed by atoms with van der Waals surface area (Å²) in [6.45, 7) is 17.5. The third kappa shape index (κ3) is 14.1. The second-order valence-electron chi connectivity index (χ2n) is 19.5. The normalized spacial score (nSPS) is 17.8. The first-order valence-corrected chi connectivity index (χ1v) is 25.2. The number of phenolic OH excluding ortho intramolecular Hbond substituents is 1. The number of aromatic hydroxyl groups is 1. The maximum absolute atomic E-state index is 14.5. The van der Waals surface area contributed by atoms with Gasteiger partial charge >= 0.3 is 5.88 Å². The number of carbonyl (C=O) groups is 3. The van der Waals surface area contributed by atoms with Crippen LogP contribution in [-0.4, -0.2) is 133 Å². The molecule has 3 aliphatic rings. The van der Waals surface area contributed by atoms with Crippen LogP contribution in [0.4, 0.5) is 33.3 Å². The summed E-state index contributed by atoms with van der Waals surface area (Å²) in [6, 6.07) is 14.2. The van der Waals surface area contributed by atoms with E-state index in [1.54, 1.807) is 51.2 Å². The summed E-state index contributed by atoms with van der Waals surface area (Å²) in [5.41, 5.74) is 1.64. The van der Waals surface area contributed by atoms with Crippen LogP contribution in [0.2, 0.25) is 0 Å². The van der Waals surface area contributed by atoms with Gasteiger partial charge in [-0.15, -0.1) is 13.0 Å². The number of ether oxygens (including phenoxy) is 1. The smallest absolute Gasteiger partial charge is 0.398 e. The van der Waals surface area contributed by atoms with Crippen LogP contribution in [0.1, 0.15) is 99.9 Å². The fourth-order valence-electron chi connectivity index (χ4n) is 8.92. The van der Waals surface area contributed by atoms with Crippen molar-refractivity contribution in [2.24, 2.45) is 16.3 Å². The average Bonchev–Trinajstić information content (AvgIpc) is 4.03. The number of aliphatic hydroxyl groups excluding tert-OH is 1. The van der Waals surface area contributed by atoms with Crippen molar-refractivity contribution in [3.8, 4) is 18.1 Å². The Bertz CT molecular complexity index is 2850. The van der Waals surface area contributed by atoms with E-state index < -0.39 is 47.2 Å². The topological polar surface area (TPSA) is 245 Å². The molecule has 21 heteroatoms. The van der Waals surface area contributed by atoms with Gasteiger partial charge in [0.25, 0.3) is 11.8 Å². The molecule has 7 N–H and O–H groups in total. The summed E-state index contributed by atoms with van der Waals surface area (Å²) < 4.78 is 21.8. The molecule has 0 radical (unpaired) electrons. The zero-order chi connectivity index (χ0) is 53.8. The summed E-state index contributed by atoms with van der Waals surface area (Å²) in [5.74, 6) is -0.0688. The predicted molar refractivity (Wildman–Crippen MR) is 282 cm³/mol. The van der Waals surface area contributed by atoms with Gasteiger partial charge in [0.15, 0.2) is 17.3 Å². The van der Waals surface area contributed by atoms with E-state index in [0.29, 0.717) is 18.1 Å². The van der Waals surface area contributed by atoms with E-state index >= 15 is 0 Å². The number of anilines is 5. The van der Waals surface area contributed by atoms with E-state index in [1.807, 2.05) is 26.0 Å². The highest BCUT2D eigenvalue weighted by Gasteiger charge is 2.43. The Morgan fingerprint density at radius 3 is 2.47 bits per heavy atom. The average molecular weight is 1030 g/mol. The van der Waals surface area contributed by atoms with Gasteiger partial charge in [-0.25, -0.2) is 14.4 Å². The summed E-state index contributed by atoms with van der Waals surface area (Å²) in [5, 5.41) is 51.7. The Kier molecular flexibility index (Phi) is 18.3. The molecule has 5 heterocycles. The van der Waals surface area contributed by atoms with Crippen LogP contribution in [0, 0.1) is 24.1 Å². The molecule has 396 valence electrons.